The van der Waals surface area contributed by atoms with Gasteiger partial charge in [-0.15, -0.1) is 0 Å². The quantitative estimate of drug-likeness (QED) is 0.786. The molecule has 0 radical (unpaired) electrons. The van der Waals surface area contributed by atoms with Crippen molar-refractivity contribution in [1.29, 1.82) is 0 Å². The molecule has 3 atom stereocenters. The van der Waals surface area contributed by atoms with E-state index in [-0.39, 0.29) is 12.2 Å². The van der Waals surface area contributed by atoms with E-state index >= 15 is 0 Å². The molecule has 0 aliphatic carbocycles. The second-order valence-corrected chi connectivity index (χ2v) is 5.94. The molecule has 1 heterocycles. The largest absolute Gasteiger partial charge is 0.390 e. The lowest BCUT2D eigenvalue weighted by Crippen LogP contribution is -2.35. The molecule has 0 spiro atoms. The van der Waals surface area contributed by atoms with Crippen molar-refractivity contribution in [3.8, 4) is 0 Å². The molecule has 1 aliphatic heterocycles. The second-order valence-electron chi connectivity index (χ2n) is 5.94. The summed E-state index contributed by atoms with van der Waals surface area (Å²) in [7, 11) is 0. The Morgan fingerprint density at radius 2 is 1.95 bits per heavy atom. The van der Waals surface area contributed by atoms with Crippen LogP contribution in [0, 0.1) is 0 Å². The third kappa shape index (κ3) is 4.78. The van der Waals surface area contributed by atoms with Crippen molar-refractivity contribution in [3.05, 3.63) is 35.9 Å². The Labute approximate surface area is 127 Å². The van der Waals surface area contributed by atoms with E-state index in [1.165, 1.54) is 0 Å². The lowest BCUT2D eigenvalue weighted by molar-refractivity contribution is -0.156. The molecule has 0 amide bonds. The van der Waals surface area contributed by atoms with Gasteiger partial charge in [-0.1, -0.05) is 37.3 Å². The Balaban J connectivity index is 1.78. The fraction of sp³-hybridized carbons (Fsp3) is 0.647. The van der Waals surface area contributed by atoms with Crippen LogP contribution in [0.15, 0.2) is 30.3 Å². The van der Waals surface area contributed by atoms with Crippen molar-refractivity contribution in [2.75, 3.05) is 6.61 Å². The van der Waals surface area contributed by atoms with Crippen molar-refractivity contribution >= 4 is 0 Å². The van der Waals surface area contributed by atoms with Gasteiger partial charge in [0.15, 0.2) is 5.79 Å². The van der Waals surface area contributed by atoms with E-state index in [9.17, 15) is 5.11 Å². The summed E-state index contributed by atoms with van der Waals surface area (Å²) in [4.78, 5) is 0. The smallest absolute Gasteiger partial charge is 0.163 e. The topological polar surface area (TPSA) is 47.9 Å². The van der Waals surface area contributed by atoms with Crippen LogP contribution in [0.25, 0.3) is 0 Å². The molecule has 1 fully saturated rings. The van der Waals surface area contributed by atoms with Crippen molar-refractivity contribution in [2.45, 2.75) is 64.3 Å². The monoisotopic (exact) mass is 294 g/mol. The maximum Gasteiger partial charge on any atom is 0.163 e. The first-order valence-corrected chi connectivity index (χ1v) is 7.67. The number of aliphatic hydroxyl groups is 1. The van der Waals surface area contributed by atoms with Crippen LogP contribution in [0.5, 0.6) is 0 Å². The zero-order valence-electron chi connectivity index (χ0n) is 13.1. The number of hydrogen-bond donors (Lipinski definition) is 1. The van der Waals surface area contributed by atoms with E-state index in [1.807, 2.05) is 51.1 Å². The van der Waals surface area contributed by atoms with Crippen molar-refractivity contribution in [1.82, 2.24) is 0 Å². The van der Waals surface area contributed by atoms with Gasteiger partial charge >= 0.3 is 0 Å². The summed E-state index contributed by atoms with van der Waals surface area (Å²) in [5.41, 5.74) is 1.16. The van der Waals surface area contributed by atoms with E-state index in [4.69, 9.17) is 14.2 Å². The third-order valence-electron chi connectivity index (χ3n) is 3.68. The molecule has 1 aromatic rings. The van der Waals surface area contributed by atoms with Crippen LogP contribution in [0.1, 0.15) is 39.2 Å². The molecule has 1 aromatic carbocycles. The summed E-state index contributed by atoms with van der Waals surface area (Å²) in [6.07, 6.45) is 0.491. The number of ether oxygens (including phenoxy) is 3. The second kappa shape index (κ2) is 7.36. The Morgan fingerprint density at radius 3 is 2.62 bits per heavy atom. The lowest BCUT2D eigenvalue weighted by atomic mass is 10.0. The zero-order valence-corrected chi connectivity index (χ0v) is 13.1. The first-order valence-electron chi connectivity index (χ1n) is 7.67. The molecular weight excluding hydrogens is 268 g/mol. The summed E-state index contributed by atoms with van der Waals surface area (Å²) >= 11 is 0. The highest BCUT2D eigenvalue weighted by atomic mass is 16.8. The molecule has 0 saturated carbocycles. The van der Waals surface area contributed by atoms with Gasteiger partial charge in [0.05, 0.1) is 18.8 Å². The average molecular weight is 294 g/mol. The molecule has 4 nitrogen and oxygen atoms in total. The van der Waals surface area contributed by atoms with Crippen LogP contribution in [0.2, 0.25) is 0 Å². The average Bonchev–Trinajstić information content (AvgIpc) is 2.79. The molecule has 0 aromatic heterocycles. The predicted octanol–water partition coefficient (Wildman–Crippen LogP) is 2.88. The van der Waals surface area contributed by atoms with E-state index in [0.717, 1.165) is 12.0 Å². The number of aliphatic hydroxyl groups excluding tert-OH is 1. The lowest BCUT2D eigenvalue weighted by Gasteiger charge is -2.21. The first kappa shape index (κ1) is 16.4. The van der Waals surface area contributed by atoms with Crippen LogP contribution < -0.4 is 0 Å². The van der Waals surface area contributed by atoms with Crippen LogP contribution in [0.4, 0.5) is 0 Å². The van der Waals surface area contributed by atoms with Gasteiger partial charge < -0.3 is 19.3 Å². The van der Waals surface area contributed by atoms with Crippen LogP contribution in [-0.4, -0.2) is 35.8 Å². The van der Waals surface area contributed by atoms with Gasteiger partial charge in [0.2, 0.25) is 0 Å². The maximum atomic E-state index is 10.0. The van der Waals surface area contributed by atoms with Gasteiger partial charge in [0.25, 0.3) is 0 Å². The van der Waals surface area contributed by atoms with Gasteiger partial charge in [0.1, 0.15) is 6.10 Å². The Bertz CT molecular complexity index is 418. The zero-order chi connectivity index (χ0) is 15.3. The summed E-state index contributed by atoms with van der Waals surface area (Å²) in [5, 5.41) is 10.0. The highest BCUT2D eigenvalue weighted by molar-refractivity contribution is 5.13. The van der Waals surface area contributed by atoms with Gasteiger partial charge in [-0.25, -0.2) is 0 Å². The minimum Gasteiger partial charge on any atom is -0.390 e. The standard InChI is InChI=1S/C17H26O4/c1-4-14(18)16-15(20-17(2,3)21-16)10-11-19-12-13-8-6-5-7-9-13/h5-9,14-16,18H,4,10-12H2,1-3H3/t14?,15-,16-/m0/s1. The van der Waals surface area contributed by atoms with E-state index in [1.54, 1.807) is 0 Å². The number of rotatable bonds is 7. The molecule has 1 aliphatic rings. The molecular formula is C17H26O4. The molecule has 1 N–H and O–H groups in total. The molecule has 2 rings (SSSR count). The maximum absolute atomic E-state index is 10.0. The summed E-state index contributed by atoms with van der Waals surface area (Å²) in [6, 6.07) is 10.1. The van der Waals surface area contributed by atoms with Gasteiger partial charge in [-0.2, -0.15) is 0 Å². The minimum atomic E-state index is -0.634. The number of hydrogen-bond acceptors (Lipinski definition) is 4. The minimum absolute atomic E-state index is 0.120. The van der Waals surface area contributed by atoms with Crippen LogP contribution >= 0.6 is 0 Å². The normalized spacial score (nSPS) is 25.9. The SMILES string of the molecule is CCC(O)[C@@H]1OC(C)(C)O[C@H]1CCOCc1ccccc1. The highest BCUT2D eigenvalue weighted by Gasteiger charge is 2.43. The molecule has 1 saturated heterocycles. The molecule has 0 bridgehead atoms. The summed E-state index contributed by atoms with van der Waals surface area (Å²) in [6.45, 7) is 6.90. The van der Waals surface area contributed by atoms with E-state index in [0.29, 0.717) is 19.6 Å². The van der Waals surface area contributed by atoms with Gasteiger partial charge in [-0.05, 0) is 32.3 Å². The molecule has 4 heteroatoms. The Hall–Kier alpha value is -0.940. The van der Waals surface area contributed by atoms with Crippen molar-refractivity contribution in [3.63, 3.8) is 0 Å². The van der Waals surface area contributed by atoms with E-state index in [2.05, 4.69) is 0 Å². The van der Waals surface area contributed by atoms with Crippen LogP contribution in [-0.2, 0) is 20.8 Å². The molecule has 21 heavy (non-hydrogen) atoms. The fourth-order valence-corrected chi connectivity index (χ4v) is 2.61. The third-order valence-corrected chi connectivity index (χ3v) is 3.68. The van der Waals surface area contributed by atoms with Crippen molar-refractivity contribution in [2.24, 2.45) is 0 Å². The Morgan fingerprint density at radius 1 is 1.24 bits per heavy atom. The highest BCUT2D eigenvalue weighted by Crippen LogP contribution is 2.32. The fourth-order valence-electron chi connectivity index (χ4n) is 2.61. The number of benzene rings is 1. The molecule has 1 unspecified atom stereocenters. The molecule has 118 valence electrons. The van der Waals surface area contributed by atoms with E-state index < -0.39 is 11.9 Å². The van der Waals surface area contributed by atoms with Crippen molar-refractivity contribution < 1.29 is 19.3 Å². The predicted molar refractivity (Wildman–Crippen MR) is 80.8 cm³/mol. The summed E-state index contributed by atoms with van der Waals surface area (Å²) < 4.78 is 17.4. The summed E-state index contributed by atoms with van der Waals surface area (Å²) in [5.74, 6) is -0.634. The van der Waals surface area contributed by atoms with Gasteiger partial charge in [0, 0.05) is 6.61 Å². The first-order chi connectivity index (χ1) is 10.0. The Kier molecular flexibility index (Phi) is 5.76. The van der Waals surface area contributed by atoms with Crippen LogP contribution in [0.3, 0.4) is 0 Å². The van der Waals surface area contributed by atoms with Gasteiger partial charge in [-0.3, -0.25) is 0 Å².